The Morgan fingerprint density at radius 1 is 0.649 bits per heavy atom. The van der Waals surface area contributed by atoms with Gasteiger partial charge in [0.15, 0.2) is 0 Å². The highest BCUT2D eigenvalue weighted by Gasteiger charge is 2.22. The molecule has 0 radical (unpaired) electrons. The number of aryl methyl sites for hydroxylation is 2. The number of pyridine rings is 1. The molecule has 0 atom stereocenters. The zero-order valence-corrected chi connectivity index (χ0v) is 44.4. The third-order valence-corrected chi connectivity index (χ3v) is 13.2. The van der Waals surface area contributed by atoms with Crippen LogP contribution in [-0.2, 0) is 38.5 Å². The molecule has 0 unspecified atom stereocenters. The second-order valence-corrected chi connectivity index (χ2v) is 19.0. The van der Waals surface area contributed by atoms with Crippen molar-refractivity contribution in [2.24, 2.45) is 17.3 Å². The maximum atomic E-state index is 12.6. The monoisotopic (exact) mass is 1020 g/mol. The quantitative estimate of drug-likeness (QED) is 0.00767. The molecule has 0 aliphatic rings. The van der Waals surface area contributed by atoms with Crippen LogP contribution in [0, 0.1) is 0 Å². The van der Waals surface area contributed by atoms with Gasteiger partial charge in [-0.25, -0.2) is 0 Å². The second kappa shape index (κ2) is 31.6. The van der Waals surface area contributed by atoms with Crippen molar-refractivity contribution in [3.8, 4) is 11.3 Å². The molecule has 5 aromatic carbocycles. The molecular weight excluding hydrogens is 947 g/mol. The van der Waals surface area contributed by atoms with E-state index in [1.807, 2.05) is 94.1 Å². The number of azo groups is 1. The number of nitrogens with zero attached hydrogens (tertiary/aromatic N) is 4. The summed E-state index contributed by atoms with van der Waals surface area (Å²) in [5.41, 5.74) is 11.5. The number of unbranched alkanes of at least 4 members (excludes halogenated alkanes) is 5. The Labute approximate surface area is 441 Å². The van der Waals surface area contributed by atoms with Gasteiger partial charge >= 0.3 is 5.97 Å². The fourth-order valence-corrected chi connectivity index (χ4v) is 9.15. The predicted molar refractivity (Wildman–Crippen MR) is 302 cm³/mol. The number of aromatic nitrogens is 2. The van der Waals surface area contributed by atoms with E-state index >= 15 is 0 Å². The summed E-state index contributed by atoms with van der Waals surface area (Å²) in [6.07, 6.45) is 9.55. The minimum atomic E-state index is -0.174. The molecule has 0 bridgehead atoms. The molecule has 0 spiro atoms. The molecule has 0 aliphatic heterocycles. The van der Waals surface area contributed by atoms with Crippen LogP contribution in [0.1, 0.15) is 80.8 Å². The molecule has 0 saturated heterocycles. The number of fused-ring (bicyclic) bond motifs is 3. The van der Waals surface area contributed by atoms with E-state index in [1.54, 1.807) is 22.4 Å². The van der Waals surface area contributed by atoms with Gasteiger partial charge in [0.1, 0.15) is 18.8 Å². The van der Waals surface area contributed by atoms with Gasteiger partial charge in [0.25, 0.3) is 5.91 Å². The van der Waals surface area contributed by atoms with Crippen molar-refractivity contribution < 1.29 is 28.5 Å². The van der Waals surface area contributed by atoms with Gasteiger partial charge in [0.2, 0.25) is 17.1 Å². The number of ether oxygens (including phenoxy) is 1. The zero-order valence-electron chi connectivity index (χ0n) is 43.5. The van der Waals surface area contributed by atoms with Gasteiger partial charge in [0.05, 0.1) is 34.4 Å². The van der Waals surface area contributed by atoms with E-state index in [0.717, 1.165) is 84.8 Å². The number of para-hydroxylation sites is 1. The highest BCUT2D eigenvalue weighted by Crippen LogP contribution is 2.33. The molecule has 2 amide bonds. The number of amides is 2. The number of anilines is 2. The molecule has 14 nitrogen and oxygen atoms in total. The van der Waals surface area contributed by atoms with E-state index in [9.17, 15) is 14.4 Å². The van der Waals surface area contributed by atoms with Gasteiger partial charge in [-0.2, -0.15) is 26.6 Å². The topological polar surface area (TPSA) is 163 Å². The molecule has 390 valence electrons. The number of esters is 1. The van der Waals surface area contributed by atoms with Crippen molar-refractivity contribution in [2.45, 2.75) is 77.0 Å². The summed E-state index contributed by atoms with van der Waals surface area (Å²) in [4.78, 5) is 42.4. The molecule has 0 saturated carbocycles. The Balaban J connectivity index is 0.000000263. The largest absolute Gasteiger partial charge is 0.465 e. The molecule has 0 aliphatic carbocycles. The number of thioether (sulfide) groups is 1. The summed E-state index contributed by atoms with van der Waals surface area (Å²) in [5.74, 6) is 1.30. The van der Waals surface area contributed by atoms with Crippen LogP contribution in [0.25, 0.3) is 32.9 Å². The number of hydrogen-bond donors (Lipinski definition) is 5. The Bertz CT molecular complexity index is 2840. The minimum absolute atomic E-state index is 0.0177. The lowest BCUT2D eigenvalue weighted by Crippen LogP contribution is -2.36. The first-order valence-corrected chi connectivity index (χ1v) is 27.1. The summed E-state index contributed by atoms with van der Waals surface area (Å²) >= 11 is 1.73. The van der Waals surface area contributed by atoms with Crippen molar-refractivity contribution in [3.05, 3.63) is 151 Å². The van der Waals surface area contributed by atoms with Crippen molar-refractivity contribution in [1.82, 2.24) is 20.5 Å². The molecule has 15 heteroatoms. The summed E-state index contributed by atoms with van der Waals surface area (Å²) < 4.78 is 9.52. The predicted octanol–water partition coefficient (Wildman–Crippen LogP) is 11.8. The van der Waals surface area contributed by atoms with Crippen LogP contribution in [0.5, 0.6) is 0 Å². The average Bonchev–Trinajstić information content (AvgIpc) is 3.82. The van der Waals surface area contributed by atoms with E-state index in [4.69, 9.17) is 9.57 Å². The van der Waals surface area contributed by atoms with Crippen LogP contribution in [0.15, 0.2) is 150 Å². The number of hydrogen-bond acceptors (Lipinski definition) is 11. The molecule has 0 fully saturated rings. The molecule has 7 rings (SSSR count). The Morgan fingerprint density at radius 3 is 2.09 bits per heavy atom. The Kier molecular flexibility index (Phi) is 24.1. The SMILES string of the molecule is CC[n+]1c(-c2ccccc2)c2cc(NC(=O)CCNC)ccc2c2ccccc21.CNCCCCCCONc1cc(C(=O)NCCCCCC(=O)OCCSCc2ccc(N=Nc3ccccc3)cc2)n(C)c1. The highest BCUT2D eigenvalue weighted by atomic mass is 32.2. The lowest BCUT2D eigenvalue weighted by molar-refractivity contribution is -0.655. The van der Waals surface area contributed by atoms with E-state index < -0.39 is 0 Å². The van der Waals surface area contributed by atoms with Crippen LogP contribution < -0.4 is 31.3 Å². The maximum Gasteiger partial charge on any atom is 0.305 e. The number of nitrogens with one attached hydrogen (secondary N) is 5. The smallest absolute Gasteiger partial charge is 0.305 e. The Hall–Kier alpha value is -6.91. The lowest BCUT2D eigenvalue weighted by atomic mass is 9.98. The van der Waals surface area contributed by atoms with Crippen LogP contribution >= 0.6 is 11.8 Å². The number of benzene rings is 5. The summed E-state index contributed by atoms with van der Waals surface area (Å²) in [7, 11) is 5.66. The maximum absolute atomic E-state index is 12.6. The first-order valence-electron chi connectivity index (χ1n) is 25.9. The molecule has 74 heavy (non-hydrogen) atoms. The molecule has 2 heterocycles. The second-order valence-electron chi connectivity index (χ2n) is 17.9. The van der Waals surface area contributed by atoms with E-state index in [2.05, 4.69) is 109 Å². The number of rotatable bonds is 29. The molecular formula is C59H74N9O5S+. The van der Waals surface area contributed by atoms with Crippen LogP contribution in [0.3, 0.4) is 0 Å². The van der Waals surface area contributed by atoms with Gasteiger partial charge in [-0.15, -0.1) is 0 Å². The van der Waals surface area contributed by atoms with E-state index in [1.165, 1.54) is 46.0 Å². The summed E-state index contributed by atoms with van der Waals surface area (Å²) in [6, 6.07) is 44.6. The fourth-order valence-electron chi connectivity index (χ4n) is 8.37. The molecule has 5 N–H and O–H groups in total. The average molecular weight is 1020 g/mol. The highest BCUT2D eigenvalue weighted by molar-refractivity contribution is 7.98. The first-order chi connectivity index (χ1) is 36.3. The van der Waals surface area contributed by atoms with Crippen molar-refractivity contribution in [3.63, 3.8) is 0 Å². The van der Waals surface area contributed by atoms with E-state index in [0.29, 0.717) is 44.8 Å². The van der Waals surface area contributed by atoms with E-state index in [-0.39, 0.29) is 17.8 Å². The lowest BCUT2D eigenvalue weighted by Gasteiger charge is -2.13. The van der Waals surface area contributed by atoms with Gasteiger partial charge < -0.3 is 30.6 Å². The third kappa shape index (κ3) is 18.2. The van der Waals surface area contributed by atoms with Crippen LogP contribution in [0.2, 0.25) is 0 Å². The number of carbonyl (C=O) groups is 3. The normalized spacial score (nSPS) is 11.1. The van der Waals surface area contributed by atoms with Crippen molar-refractivity contribution in [2.75, 3.05) is 63.5 Å². The van der Waals surface area contributed by atoms with Crippen LogP contribution in [-0.4, -0.2) is 75.0 Å². The first kappa shape index (κ1) is 56.4. The van der Waals surface area contributed by atoms with Crippen LogP contribution in [0.4, 0.5) is 22.7 Å². The van der Waals surface area contributed by atoms with Gasteiger partial charge in [-0.1, -0.05) is 86.0 Å². The molecule has 2 aromatic heterocycles. The minimum Gasteiger partial charge on any atom is -0.465 e. The fraction of sp³-hybridized carbons (Fsp3) is 0.356. The molecule has 7 aromatic rings. The Morgan fingerprint density at radius 2 is 1.34 bits per heavy atom. The van der Waals surface area contributed by atoms with Crippen molar-refractivity contribution >= 4 is 74.0 Å². The summed E-state index contributed by atoms with van der Waals surface area (Å²) in [5, 5.41) is 24.2. The zero-order chi connectivity index (χ0) is 52.2. The van der Waals surface area contributed by atoms with Gasteiger partial charge in [-0.3, -0.25) is 24.7 Å². The van der Waals surface area contributed by atoms with Gasteiger partial charge in [-0.05, 0) is 119 Å². The third-order valence-electron chi connectivity index (χ3n) is 12.2. The standard InChI is InChI=1S/C34H48N6O4S.C25H25N3O/c1-35-20-10-3-4-12-22-44-39-31-25-32(40(2)26-31)34(42)36-21-11-6-9-15-33(41)43-23-24-45-27-28-16-18-30(19-17-28)38-37-29-13-7-5-8-14-29;1-3-28-23-12-8-7-11-21(23)20-14-13-19(27-24(29)15-16-26-2)17-22(20)25(28)18-9-5-4-6-10-18/h5,7-8,13-14,16-19,25-26,35,39H,3-4,6,9-12,15,20-24,27H2,1-2H3,(H,36,42);4-14,17,26H,3,15-16H2,1-2H3/p+1. The van der Waals surface area contributed by atoms with Gasteiger partial charge in [0, 0.05) is 73.4 Å². The number of carbonyl (C=O) groups excluding carboxylic acids is 3. The van der Waals surface area contributed by atoms with Crippen molar-refractivity contribution in [1.29, 1.82) is 0 Å². The summed E-state index contributed by atoms with van der Waals surface area (Å²) in [6.45, 7) is 6.33.